The van der Waals surface area contributed by atoms with Gasteiger partial charge in [0, 0.05) is 21.8 Å². The smallest absolute Gasteiger partial charge is 0.341 e. The average molecular weight is 388 g/mol. The molecule has 9 heteroatoms. The number of nitrogens with zero attached hydrogens (tertiary/aromatic N) is 2. The van der Waals surface area contributed by atoms with Crippen molar-refractivity contribution in [2.24, 2.45) is 5.41 Å². The highest BCUT2D eigenvalue weighted by molar-refractivity contribution is 7.16. The number of ether oxygens (including phenoxy) is 1. The fourth-order valence-corrected chi connectivity index (χ4v) is 3.39. The summed E-state index contributed by atoms with van der Waals surface area (Å²) in [5, 5.41) is 7.13. The highest BCUT2D eigenvalue weighted by Crippen LogP contribution is 2.34. The van der Waals surface area contributed by atoms with E-state index in [1.165, 1.54) is 11.3 Å². The molecule has 0 atom stereocenters. The first-order chi connectivity index (χ1) is 11.1. The topological polar surface area (TPSA) is 81.2 Å². The van der Waals surface area contributed by atoms with E-state index >= 15 is 0 Å². The van der Waals surface area contributed by atoms with E-state index in [0.29, 0.717) is 20.6 Å². The molecule has 0 aliphatic heterocycles. The van der Waals surface area contributed by atoms with Crippen molar-refractivity contribution in [1.29, 1.82) is 0 Å². The van der Waals surface area contributed by atoms with Crippen LogP contribution in [0.1, 0.15) is 47.3 Å². The van der Waals surface area contributed by atoms with E-state index in [-0.39, 0.29) is 12.5 Å². The van der Waals surface area contributed by atoms with Crippen LogP contribution in [0.15, 0.2) is 0 Å². The summed E-state index contributed by atoms with van der Waals surface area (Å²) in [6.45, 7) is 9.09. The van der Waals surface area contributed by atoms with Gasteiger partial charge >= 0.3 is 5.97 Å². The molecule has 2 heterocycles. The van der Waals surface area contributed by atoms with Crippen LogP contribution < -0.4 is 5.32 Å². The second-order valence-electron chi connectivity index (χ2n) is 6.26. The van der Waals surface area contributed by atoms with Crippen LogP contribution in [-0.2, 0) is 16.1 Å². The number of thiophene rings is 1. The molecular weight excluding hydrogens is 370 g/mol. The van der Waals surface area contributed by atoms with Crippen molar-refractivity contribution in [3.8, 4) is 0 Å². The van der Waals surface area contributed by atoms with Gasteiger partial charge in [-0.3, -0.25) is 4.79 Å². The SMILES string of the molecule is Cc1sc(NC(=O)C(C)(C)C)c(C(=O)OCc2nnsc2Cl)c1C. The Morgan fingerprint density at radius 1 is 1.29 bits per heavy atom. The average Bonchev–Trinajstić information content (AvgIpc) is 3.00. The van der Waals surface area contributed by atoms with Crippen molar-refractivity contribution in [3.05, 3.63) is 26.0 Å². The van der Waals surface area contributed by atoms with Crippen molar-refractivity contribution in [2.45, 2.75) is 41.2 Å². The molecule has 0 saturated heterocycles. The minimum absolute atomic E-state index is 0.0604. The van der Waals surface area contributed by atoms with Gasteiger partial charge in [-0.25, -0.2) is 4.79 Å². The Morgan fingerprint density at radius 3 is 2.50 bits per heavy atom. The van der Waals surface area contributed by atoms with Crippen molar-refractivity contribution in [1.82, 2.24) is 9.59 Å². The molecule has 1 amide bonds. The molecule has 0 saturated carbocycles. The number of carbonyl (C=O) groups is 2. The predicted molar refractivity (Wildman–Crippen MR) is 95.9 cm³/mol. The fourth-order valence-electron chi connectivity index (χ4n) is 1.74. The van der Waals surface area contributed by atoms with Crippen LogP contribution >= 0.6 is 34.5 Å². The number of amides is 1. The minimum Gasteiger partial charge on any atom is -0.455 e. The Morgan fingerprint density at radius 2 is 1.96 bits per heavy atom. The molecule has 0 aliphatic carbocycles. The lowest BCUT2D eigenvalue weighted by atomic mass is 9.96. The van der Waals surface area contributed by atoms with Crippen molar-refractivity contribution in [3.63, 3.8) is 0 Å². The highest BCUT2D eigenvalue weighted by atomic mass is 35.5. The number of rotatable bonds is 4. The molecule has 1 N–H and O–H groups in total. The van der Waals surface area contributed by atoms with Gasteiger partial charge in [0.05, 0.1) is 5.56 Å². The second kappa shape index (κ2) is 7.16. The highest BCUT2D eigenvalue weighted by Gasteiger charge is 2.27. The Hall–Kier alpha value is -1.51. The molecule has 0 unspecified atom stereocenters. The van der Waals surface area contributed by atoms with Crippen LogP contribution in [0.25, 0.3) is 0 Å². The van der Waals surface area contributed by atoms with Crippen LogP contribution in [0.2, 0.25) is 4.34 Å². The van der Waals surface area contributed by atoms with Gasteiger partial charge in [0.2, 0.25) is 5.91 Å². The monoisotopic (exact) mass is 387 g/mol. The number of carbonyl (C=O) groups excluding carboxylic acids is 2. The van der Waals surface area contributed by atoms with E-state index in [1.807, 2.05) is 34.6 Å². The largest absolute Gasteiger partial charge is 0.455 e. The standard InChI is InChI=1S/C15H18ClN3O3S2/c1-7-8(2)23-12(17-14(21)15(3,4)5)10(7)13(20)22-6-9-11(16)24-19-18-9/h6H2,1-5H3,(H,17,21). The lowest BCUT2D eigenvalue weighted by molar-refractivity contribution is -0.123. The molecular formula is C15H18ClN3O3S2. The maximum atomic E-state index is 12.5. The summed E-state index contributed by atoms with van der Waals surface area (Å²) >= 11 is 8.29. The van der Waals surface area contributed by atoms with Crippen LogP contribution in [-0.4, -0.2) is 21.5 Å². The number of halogens is 1. The first-order valence-corrected chi connectivity index (χ1v) is 9.13. The lowest BCUT2D eigenvalue weighted by Crippen LogP contribution is -2.28. The van der Waals surface area contributed by atoms with E-state index in [9.17, 15) is 9.59 Å². The number of aromatic nitrogens is 2. The molecule has 0 radical (unpaired) electrons. The molecule has 2 aromatic rings. The number of aryl methyl sites for hydroxylation is 1. The Kier molecular flexibility index (Phi) is 5.62. The second-order valence-corrected chi connectivity index (χ2v) is 8.84. The van der Waals surface area contributed by atoms with E-state index < -0.39 is 11.4 Å². The molecule has 0 aromatic carbocycles. The summed E-state index contributed by atoms with van der Waals surface area (Å²) in [5.41, 5.74) is 1.01. The lowest BCUT2D eigenvalue weighted by Gasteiger charge is -2.17. The van der Waals surface area contributed by atoms with E-state index in [1.54, 1.807) is 0 Å². The maximum Gasteiger partial charge on any atom is 0.341 e. The fraction of sp³-hybridized carbons (Fsp3) is 0.467. The van der Waals surface area contributed by atoms with E-state index in [0.717, 1.165) is 22.0 Å². The molecule has 2 rings (SSSR count). The summed E-state index contributed by atoms with van der Waals surface area (Å²) < 4.78 is 9.37. The summed E-state index contributed by atoms with van der Waals surface area (Å²) in [6.07, 6.45) is 0. The Bertz CT molecular complexity index is 778. The number of esters is 1. The minimum atomic E-state index is -0.563. The number of hydrogen-bond donors (Lipinski definition) is 1. The number of nitrogens with one attached hydrogen (secondary N) is 1. The number of anilines is 1. The van der Waals surface area contributed by atoms with Gasteiger partial charge in [-0.05, 0) is 19.4 Å². The van der Waals surface area contributed by atoms with Crippen LogP contribution in [0.5, 0.6) is 0 Å². The summed E-state index contributed by atoms with van der Waals surface area (Å²) in [7, 11) is 0. The molecule has 24 heavy (non-hydrogen) atoms. The molecule has 0 aliphatic rings. The first kappa shape index (κ1) is 18.8. The van der Waals surface area contributed by atoms with Gasteiger partial charge in [-0.2, -0.15) is 0 Å². The van der Waals surface area contributed by atoms with E-state index in [4.69, 9.17) is 16.3 Å². The van der Waals surface area contributed by atoms with Crippen molar-refractivity contribution < 1.29 is 14.3 Å². The zero-order valence-corrected chi connectivity index (χ0v) is 16.4. The first-order valence-electron chi connectivity index (χ1n) is 7.16. The molecule has 0 fully saturated rings. The van der Waals surface area contributed by atoms with Crippen LogP contribution in [0, 0.1) is 19.3 Å². The molecule has 0 spiro atoms. The summed E-state index contributed by atoms with van der Waals surface area (Å²) in [4.78, 5) is 25.7. The predicted octanol–water partition coefficient (Wildman–Crippen LogP) is 4.21. The zero-order chi connectivity index (χ0) is 18.1. The van der Waals surface area contributed by atoms with Crippen LogP contribution in [0.4, 0.5) is 5.00 Å². The maximum absolute atomic E-state index is 12.5. The quantitative estimate of drug-likeness (QED) is 0.794. The van der Waals surface area contributed by atoms with Gasteiger partial charge in [0.25, 0.3) is 0 Å². The third kappa shape index (κ3) is 4.12. The molecule has 6 nitrogen and oxygen atoms in total. The normalized spacial score (nSPS) is 11.4. The molecule has 130 valence electrons. The van der Waals surface area contributed by atoms with Gasteiger partial charge in [0.1, 0.15) is 21.6 Å². The van der Waals surface area contributed by atoms with E-state index in [2.05, 4.69) is 14.9 Å². The van der Waals surface area contributed by atoms with Crippen molar-refractivity contribution in [2.75, 3.05) is 5.32 Å². The van der Waals surface area contributed by atoms with Gasteiger partial charge in [-0.15, -0.1) is 16.4 Å². The summed E-state index contributed by atoms with van der Waals surface area (Å²) in [5.74, 6) is -0.685. The third-order valence-corrected chi connectivity index (χ3v) is 5.45. The Balaban J connectivity index is 2.20. The summed E-state index contributed by atoms with van der Waals surface area (Å²) in [6, 6.07) is 0. The van der Waals surface area contributed by atoms with Gasteiger partial charge in [0.15, 0.2) is 0 Å². The van der Waals surface area contributed by atoms with Crippen molar-refractivity contribution >= 4 is 51.3 Å². The zero-order valence-electron chi connectivity index (χ0n) is 14.0. The molecule has 0 bridgehead atoms. The molecule has 2 aromatic heterocycles. The number of hydrogen-bond acceptors (Lipinski definition) is 7. The van der Waals surface area contributed by atoms with Gasteiger partial charge in [-0.1, -0.05) is 36.9 Å². The van der Waals surface area contributed by atoms with Crippen LogP contribution in [0.3, 0.4) is 0 Å². The third-order valence-electron chi connectivity index (χ3n) is 3.35. The van der Waals surface area contributed by atoms with Gasteiger partial charge < -0.3 is 10.1 Å². The Labute approximate surface area is 153 Å².